The molecule has 44 heavy (non-hydrogen) atoms. The van der Waals surface area contributed by atoms with Gasteiger partial charge in [-0.05, 0) is 24.3 Å². The molecule has 17 heteroatoms. The molecule has 3 aromatic rings. The van der Waals surface area contributed by atoms with Gasteiger partial charge in [-0.15, -0.1) is 0 Å². The van der Waals surface area contributed by atoms with Crippen LogP contribution >= 0.6 is 0 Å². The van der Waals surface area contributed by atoms with E-state index in [1.54, 1.807) is 0 Å². The minimum Gasteiger partial charge on any atom is -0.508 e. The third-order valence-corrected chi connectivity index (χ3v) is 7.34. The van der Waals surface area contributed by atoms with Crippen LogP contribution in [0.1, 0.15) is 0 Å². The van der Waals surface area contributed by atoms with Crippen LogP contribution in [0, 0.1) is 0 Å². The second-order valence-corrected chi connectivity index (χ2v) is 10.2. The highest BCUT2D eigenvalue weighted by Crippen LogP contribution is 2.45. The number of aliphatic hydroxyl groups excluding tert-OH is 8. The first-order valence-electron chi connectivity index (χ1n) is 13.2. The zero-order valence-corrected chi connectivity index (χ0v) is 22.4. The van der Waals surface area contributed by atoms with Gasteiger partial charge in [0.15, 0.2) is 17.3 Å². The number of phenols is 3. The van der Waals surface area contributed by atoms with Crippen LogP contribution in [0.2, 0.25) is 0 Å². The van der Waals surface area contributed by atoms with Crippen LogP contribution in [0.15, 0.2) is 39.5 Å². The molecule has 0 aliphatic carbocycles. The van der Waals surface area contributed by atoms with Gasteiger partial charge >= 0.3 is 0 Å². The molecule has 0 saturated carbocycles. The fourth-order valence-electron chi connectivity index (χ4n) is 4.87. The minimum atomic E-state index is -1.95. The highest BCUT2D eigenvalue weighted by Gasteiger charge is 2.47. The SMILES string of the molecule is O=c1c(OC2O[C@H](CO)[C@@H](O)[C@H](O)[C@H]2O)c(-c2ccc(O)cc2)oc2cc(O)c(OC3O[C@H](CO)[C@@H](O)[C@H](O)[C@H]3O)c(O)c12. The summed E-state index contributed by atoms with van der Waals surface area (Å²) in [4.78, 5) is 13.9. The summed E-state index contributed by atoms with van der Waals surface area (Å²) in [6, 6.07) is 5.97. The summed E-state index contributed by atoms with van der Waals surface area (Å²) in [6.07, 6.45) is -17.7. The first kappa shape index (κ1) is 31.7. The van der Waals surface area contributed by atoms with Crippen LogP contribution in [0.5, 0.6) is 28.7 Å². The number of aromatic hydroxyl groups is 3. The van der Waals surface area contributed by atoms with Crippen LogP contribution < -0.4 is 14.9 Å². The number of hydrogen-bond acceptors (Lipinski definition) is 17. The summed E-state index contributed by atoms with van der Waals surface area (Å²) >= 11 is 0. The normalized spacial score (nSPS) is 32.5. The van der Waals surface area contributed by atoms with E-state index >= 15 is 0 Å². The van der Waals surface area contributed by atoms with E-state index in [0.717, 1.165) is 6.07 Å². The summed E-state index contributed by atoms with van der Waals surface area (Å²) in [5.74, 6) is -3.99. The van der Waals surface area contributed by atoms with Crippen molar-refractivity contribution in [2.24, 2.45) is 0 Å². The lowest BCUT2D eigenvalue weighted by molar-refractivity contribution is -0.277. The highest BCUT2D eigenvalue weighted by molar-refractivity contribution is 5.91. The van der Waals surface area contributed by atoms with Crippen LogP contribution in [-0.4, -0.2) is 131 Å². The zero-order valence-electron chi connectivity index (χ0n) is 22.4. The van der Waals surface area contributed by atoms with E-state index in [9.17, 15) is 61.0 Å². The number of phenolic OH excluding ortho intramolecular Hbond substituents is 3. The summed E-state index contributed by atoms with van der Waals surface area (Å²) in [5, 5.41) is 111. The van der Waals surface area contributed by atoms with Gasteiger partial charge in [0.05, 0.1) is 13.2 Å². The molecule has 1 aromatic heterocycles. The van der Waals surface area contributed by atoms with Crippen molar-refractivity contribution >= 4 is 11.0 Å². The van der Waals surface area contributed by atoms with Crippen molar-refractivity contribution in [2.45, 2.75) is 61.4 Å². The predicted molar refractivity (Wildman–Crippen MR) is 142 cm³/mol. The molecule has 2 unspecified atom stereocenters. The molecule has 2 aliphatic rings. The molecule has 0 bridgehead atoms. The largest absolute Gasteiger partial charge is 0.508 e. The molecular weight excluding hydrogens is 596 g/mol. The van der Waals surface area contributed by atoms with Crippen molar-refractivity contribution in [3.05, 3.63) is 40.6 Å². The van der Waals surface area contributed by atoms with E-state index in [-0.39, 0.29) is 17.1 Å². The van der Waals surface area contributed by atoms with Gasteiger partial charge in [0.25, 0.3) is 0 Å². The van der Waals surface area contributed by atoms with Crippen molar-refractivity contribution in [2.75, 3.05) is 13.2 Å². The Bertz CT molecular complexity index is 1540. The summed E-state index contributed by atoms with van der Waals surface area (Å²) < 4.78 is 27.4. The Kier molecular flexibility index (Phi) is 8.87. The molecule has 3 heterocycles. The minimum absolute atomic E-state index is 0.113. The van der Waals surface area contributed by atoms with E-state index in [1.807, 2.05) is 0 Å². The third-order valence-electron chi connectivity index (χ3n) is 7.34. The van der Waals surface area contributed by atoms with Crippen molar-refractivity contribution in [1.29, 1.82) is 0 Å². The standard InChI is InChI=1S/C27H30O17/c28-6-12-15(32)19(36)21(38)26(41-12)43-24-10(31)5-11-14(17(24)34)18(35)25(23(40-11)8-1-3-9(30)4-2-8)44-27-22(39)20(37)16(33)13(7-29)42-27/h1-5,12-13,15-16,19-22,26-34,36-39H,6-7H2/t12-,13-,15-,16-,19+,20+,21-,22-,26?,27?/m1/s1. The van der Waals surface area contributed by atoms with Gasteiger partial charge in [0, 0.05) is 11.6 Å². The van der Waals surface area contributed by atoms with E-state index in [0.29, 0.717) is 0 Å². The van der Waals surface area contributed by atoms with E-state index in [4.69, 9.17) is 23.4 Å². The Morgan fingerprint density at radius 1 is 0.682 bits per heavy atom. The van der Waals surface area contributed by atoms with Gasteiger partial charge in [0.2, 0.25) is 29.5 Å². The number of fused-ring (bicyclic) bond motifs is 1. The van der Waals surface area contributed by atoms with Gasteiger partial charge in [0.1, 0.15) is 65.6 Å². The predicted octanol–water partition coefficient (Wildman–Crippen LogP) is -3.07. The lowest BCUT2D eigenvalue weighted by Gasteiger charge is -2.39. The molecular formula is C27H30O17. The topological polar surface area (TPSA) is 290 Å². The maximum Gasteiger partial charge on any atom is 0.239 e. The molecule has 10 atom stereocenters. The molecule has 240 valence electrons. The quantitative estimate of drug-likeness (QED) is 0.124. The van der Waals surface area contributed by atoms with Crippen molar-refractivity contribution < 1.29 is 79.5 Å². The molecule has 0 radical (unpaired) electrons. The molecule has 17 nitrogen and oxygen atoms in total. The monoisotopic (exact) mass is 626 g/mol. The molecule has 2 aromatic carbocycles. The first-order valence-corrected chi connectivity index (χ1v) is 13.2. The molecule has 2 aliphatic heterocycles. The number of aliphatic hydroxyl groups is 8. The Labute approximate surface area is 246 Å². The van der Waals surface area contributed by atoms with Crippen LogP contribution in [0.25, 0.3) is 22.3 Å². The van der Waals surface area contributed by atoms with Gasteiger partial charge in [-0.25, -0.2) is 0 Å². The summed E-state index contributed by atoms with van der Waals surface area (Å²) in [7, 11) is 0. The molecule has 2 fully saturated rings. The molecule has 5 rings (SSSR count). The third kappa shape index (κ3) is 5.50. The number of ether oxygens (including phenoxy) is 4. The van der Waals surface area contributed by atoms with Crippen LogP contribution in [0.4, 0.5) is 0 Å². The molecule has 0 amide bonds. The van der Waals surface area contributed by atoms with E-state index in [1.165, 1.54) is 24.3 Å². The lowest BCUT2D eigenvalue weighted by atomic mass is 9.99. The fourth-order valence-corrected chi connectivity index (χ4v) is 4.87. The second-order valence-electron chi connectivity index (χ2n) is 10.2. The summed E-state index contributed by atoms with van der Waals surface area (Å²) in [6.45, 7) is -1.61. The van der Waals surface area contributed by atoms with Crippen LogP contribution in [0.3, 0.4) is 0 Å². The van der Waals surface area contributed by atoms with Gasteiger partial charge in [-0.2, -0.15) is 0 Å². The average molecular weight is 627 g/mol. The average Bonchev–Trinajstić information content (AvgIpc) is 3.00. The van der Waals surface area contributed by atoms with Crippen molar-refractivity contribution in [3.63, 3.8) is 0 Å². The molecule has 0 spiro atoms. The lowest BCUT2D eigenvalue weighted by Crippen LogP contribution is -2.60. The fraction of sp³-hybridized carbons (Fsp3) is 0.444. The second kappa shape index (κ2) is 12.3. The van der Waals surface area contributed by atoms with Gasteiger partial charge < -0.3 is 79.5 Å². The Morgan fingerprint density at radius 3 is 1.68 bits per heavy atom. The highest BCUT2D eigenvalue weighted by atomic mass is 16.7. The molecule has 2 saturated heterocycles. The van der Waals surface area contributed by atoms with Crippen molar-refractivity contribution in [1.82, 2.24) is 0 Å². The molecule has 11 N–H and O–H groups in total. The maximum atomic E-state index is 13.9. The Balaban J connectivity index is 1.63. The maximum absolute atomic E-state index is 13.9. The summed E-state index contributed by atoms with van der Waals surface area (Å²) in [5.41, 5.74) is -1.47. The zero-order chi connectivity index (χ0) is 32.0. The van der Waals surface area contributed by atoms with E-state index in [2.05, 4.69) is 0 Å². The first-order chi connectivity index (χ1) is 20.9. The number of hydrogen-bond donors (Lipinski definition) is 11. The Hall–Kier alpha value is -3.75. The smallest absolute Gasteiger partial charge is 0.239 e. The van der Waals surface area contributed by atoms with Gasteiger partial charge in [-0.1, -0.05) is 0 Å². The Morgan fingerprint density at radius 2 is 1.18 bits per heavy atom. The van der Waals surface area contributed by atoms with Crippen molar-refractivity contribution in [3.8, 4) is 40.1 Å². The van der Waals surface area contributed by atoms with Crippen LogP contribution in [-0.2, 0) is 9.47 Å². The van der Waals surface area contributed by atoms with Gasteiger partial charge in [-0.3, -0.25) is 4.79 Å². The number of benzene rings is 2. The number of rotatable bonds is 7. The van der Waals surface area contributed by atoms with E-state index < -0.39 is 114 Å².